The number of imidazole rings is 1. The number of aromatic nitrogens is 4. The van der Waals surface area contributed by atoms with Crippen LogP contribution in [-0.2, 0) is 11.3 Å². The predicted octanol–water partition coefficient (Wildman–Crippen LogP) is 1.79. The second-order valence-corrected chi connectivity index (χ2v) is 5.89. The highest BCUT2D eigenvalue weighted by Crippen LogP contribution is 2.11. The molecule has 0 atom stereocenters. The van der Waals surface area contributed by atoms with Gasteiger partial charge in [-0.1, -0.05) is 12.1 Å². The first-order valence-electron chi connectivity index (χ1n) is 8.65. The predicted molar refractivity (Wildman–Crippen MR) is 102 cm³/mol. The van der Waals surface area contributed by atoms with Gasteiger partial charge >= 0.3 is 0 Å². The topological polar surface area (TPSA) is 96.8 Å². The average Bonchev–Trinajstić information content (AvgIpc) is 3.02. The fourth-order valence-corrected chi connectivity index (χ4v) is 2.64. The summed E-state index contributed by atoms with van der Waals surface area (Å²) in [5.41, 5.74) is 2.72. The molecule has 0 aliphatic carbocycles. The lowest BCUT2D eigenvalue weighted by Gasteiger charge is -2.10. The van der Waals surface area contributed by atoms with Crippen molar-refractivity contribution in [1.29, 1.82) is 0 Å². The number of para-hydroxylation sites is 2. The van der Waals surface area contributed by atoms with E-state index in [9.17, 15) is 4.79 Å². The minimum atomic E-state index is -0.0616. The molecular weight excluding hydrogens is 330 g/mol. The lowest BCUT2D eigenvalue weighted by Crippen LogP contribution is -2.31. The highest BCUT2D eigenvalue weighted by atomic mass is 16.1. The molecule has 1 amide bonds. The fraction of sp³-hybridized carbons (Fsp3) is 0.333. The lowest BCUT2D eigenvalue weighted by molar-refractivity contribution is -0.121. The van der Waals surface area contributed by atoms with Gasteiger partial charge in [-0.25, -0.2) is 9.97 Å². The number of benzene rings is 1. The number of aryl methyl sites for hydroxylation is 1. The van der Waals surface area contributed by atoms with Crippen molar-refractivity contribution >= 4 is 28.7 Å². The Bertz CT molecular complexity index is 890. The Kier molecular flexibility index (Phi) is 5.62. The van der Waals surface area contributed by atoms with Crippen LogP contribution in [0.25, 0.3) is 11.0 Å². The number of carbonyl (C=O) groups excluding carboxylic acids is 1. The summed E-state index contributed by atoms with van der Waals surface area (Å²) in [6.07, 6.45) is 1.69. The third kappa shape index (κ3) is 4.47. The molecule has 0 radical (unpaired) electrons. The molecule has 0 spiro atoms. The van der Waals surface area contributed by atoms with Gasteiger partial charge in [-0.15, -0.1) is 0 Å². The van der Waals surface area contributed by atoms with Crippen molar-refractivity contribution in [3.05, 3.63) is 42.4 Å². The third-order valence-corrected chi connectivity index (χ3v) is 3.78. The quantitative estimate of drug-likeness (QED) is 0.534. The van der Waals surface area contributed by atoms with E-state index in [2.05, 4.69) is 30.9 Å². The maximum atomic E-state index is 12.1. The van der Waals surface area contributed by atoms with Crippen LogP contribution >= 0.6 is 0 Å². The number of fused-ring (bicyclic) bond motifs is 1. The van der Waals surface area contributed by atoms with Crippen LogP contribution in [-0.4, -0.2) is 45.1 Å². The van der Waals surface area contributed by atoms with E-state index in [0.717, 1.165) is 29.1 Å². The van der Waals surface area contributed by atoms with Crippen LogP contribution in [0.5, 0.6) is 0 Å². The van der Waals surface area contributed by atoms with Gasteiger partial charge in [0.15, 0.2) is 0 Å². The maximum absolute atomic E-state index is 12.1. The molecule has 1 aromatic carbocycles. The van der Waals surface area contributed by atoms with Gasteiger partial charge < -0.3 is 20.5 Å². The zero-order valence-corrected chi connectivity index (χ0v) is 15.0. The highest BCUT2D eigenvalue weighted by Gasteiger charge is 2.07. The van der Waals surface area contributed by atoms with Gasteiger partial charge in [0.05, 0.1) is 17.4 Å². The smallest absolute Gasteiger partial charge is 0.240 e. The van der Waals surface area contributed by atoms with E-state index in [1.807, 2.05) is 48.7 Å². The summed E-state index contributed by atoms with van der Waals surface area (Å²) in [6.45, 7) is 6.01. The first-order chi connectivity index (χ1) is 12.7. The van der Waals surface area contributed by atoms with Crippen molar-refractivity contribution in [2.24, 2.45) is 0 Å². The van der Waals surface area contributed by atoms with E-state index in [-0.39, 0.29) is 12.5 Å². The van der Waals surface area contributed by atoms with Crippen molar-refractivity contribution in [3.63, 3.8) is 0 Å². The minimum absolute atomic E-state index is 0.0616. The van der Waals surface area contributed by atoms with Crippen LogP contribution in [0.4, 0.5) is 11.8 Å². The van der Waals surface area contributed by atoms with Gasteiger partial charge in [0, 0.05) is 31.4 Å². The van der Waals surface area contributed by atoms with Gasteiger partial charge in [-0.05, 0) is 26.0 Å². The van der Waals surface area contributed by atoms with E-state index in [1.165, 1.54) is 0 Å². The number of nitrogens with zero attached hydrogens (tertiary/aromatic N) is 4. The molecule has 0 aliphatic heterocycles. The van der Waals surface area contributed by atoms with Crippen LogP contribution in [0, 0.1) is 6.92 Å². The molecule has 0 saturated heterocycles. The Morgan fingerprint density at radius 1 is 1.15 bits per heavy atom. The summed E-state index contributed by atoms with van der Waals surface area (Å²) in [5.74, 6) is 1.28. The van der Waals surface area contributed by atoms with Gasteiger partial charge in [-0.2, -0.15) is 4.98 Å². The molecular formula is C18H23N7O. The van der Waals surface area contributed by atoms with Gasteiger partial charge in [0.1, 0.15) is 12.4 Å². The zero-order chi connectivity index (χ0) is 18.4. The summed E-state index contributed by atoms with van der Waals surface area (Å²) < 4.78 is 1.84. The van der Waals surface area contributed by atoms with Gasteiger partial charge in [0.2, 0.25) is 11.9 Å². The van der Waals surface area contributed by atoms with Crippen molar-refractivity contribution in [2.45, 2.75) is 20.4 Å². The molecule has 3 rings (SSSR count). The standard InChI is InChI=1S/C18H23N7O/c1-3-19-16-10-13(2)23-18(24-16)21-9-8-20-17(26)11-25-12-22-14-6-4-5-7-15(14)25/h4-7,10,12H,3,8-9,11H2,1-2H3,(H,20,26)(H2,19,21,23,24). The van der Waals surface area contributed by atoms with Crippen LogP contribution in [0.15, 0.2) is 36.7 Å². The molecule has 0 aliphatic rings. The summed E-state index contributed by atoms with van der Waals surface area (Å²) in [4.78, 5) is 25.1. The minimum Gasteiger partial charge on any atom is -0.370 e. The summed E-state index contributed by atoms with van der Waals surface area (Å²) in [7, 11) is 0. The molecule has 0 fully saturated rings. The normalized spacial score (nSPS) is 10.7. The Hall–Kier alpha value is -3.16. The number of carbonyl (C=O) groups is 1. The van der Waals surface area contributed by atoms with Crippen LogP contribution in [0.2, 0.25) is 0 Å². The second kappa shape index (κ2) is 8.28. The number of rotatable bonds is 8. The maximum Gasteiger partial charge on any atom is 0.240 e. The number of anilines is 2. The Labute approximate surface area is 152 Å². The van der Waals surface area contributed by atoms with E-state index in [4.69, 9.17) is 0 Å². The fourth-order valence-electron chi connectivity index (χ4n) is 2.64. The molecule has 136 valence electrons. The SMILES string of the molecule is CCNc1cc(C)nc(NCCNC(=O)Cn2cnc3ccccc32)n1. The summed E-state index contributed by atoms with van der Waals surface area (Å²) >= 11 is 0. The number of hydrogen-bond donors (Lipinski definition) is 3. The van der Waals surface area contributed by atoms with E-state index >= 15 is 0 Å². The molecule has 8 heteroatoms. The van der Waals surface area contributed by atoms with E-state index < -0.39 is 0 Å². The molecule has 2 aromatic heterocycles. The van der Waals surface area contributed by atoms with E-state index in [1.54, 1.807) is 6.33 Å². The number of nitrogens with one attached hydrogen (secondary N) is 3. The summed E-state index contributed by atoms with van der Waals surface area (Å²) in [6, 6.07) is 9.64. The molecule has 0 saturated carbocycles. The second-order valence-electron chi connectivity index (χ2n) is 5.89. The first-order valence-corrected chi connectivity index (χ1v) is 8.65. The van der Waals surface area contributed by atoms with Gasteiger partial charge in [-0.3, -0.25) is 4.79 Å². The molecule has 3 aromatic rings. The van der Waals surface area contributed by atoms with Crippen LogP contribution < -0.4 is 16.0 Å². The van der Waals surface area contributed by atoms with Crippen LogP contribution in [0.3, 0.4) is 0 Å². The van der Waals surface area contributed by atoms with Crippen molar-refractivity contribution in [1.82, 2.24) is 24.8 Å². The van der Waals surface area contributed by atoms with Crippen molar-refractivity contribution in [2.75, 3.05) is 30.3 Å². The monoisotopic (exact) mass is 353 g/mol. The molecule has 0 unspecified atom stereocenters. The average molecular weight is 353 g/mol. The lowest BCUT2D eigenvalue weighted by atomic mass is 10.3. The Balaban J connectivity index is 1.47. The molecule has 26 heavy (non-hydrogen) atoms. The number of amides is 1. The van der Waals surface area contributed by atoms with Crippen molar-refractivity contribution in [3.8, 4) is 0 Å². The molecule has 2 heterocycles. The Morgan fingerprint density at radius 2 is 2.00 bits per heavy atom. The largest absolute Gasteiger partial charge is 0.370 e. The first kappa shape index (κ1) is 17.7. The highest BCUT2D eigenvalue weighted by molar-refractivity contribution is 5.80. The van der Waals surface area contributed by atoms with Crippen molar-refractivity contribution < 1.29 is 4.79 Å². The van der Waals surface area contributed by atoms with Crippen LogP contribution in [0.1, 0.15) is 12.6 Å². The number of hydrogen-bond acceptors (Lipinski definition) is 6. The molecule has 8 nitrogen and oxygen atoms in total. The Morgan fingerprint density at radius 3 is 2.85 bits per heavy atom. The van der Waals surface area contributed by atoms with E-state index in [0.29, 0.717) is 19.0 Å². The molecule has 3 N–H and O–H groups in total. The third-order valence-electron chi connectivity index (χ3n) is 3.78. The zero-order valence-electron chi connectivity index (χ0n) is 15.0. The summed E-state index contributed by atoms with van der Waals surface area (Å²) in [5, 5.41) is 9.19. The molecule has 0 bridgehead atoms. The van der Waals surface area contributed by atoms with Gasteiger partial charge in [0.25, 0.3) is 0 Å².